The number of hydrogen-bond acceptors (Lipinski definition) is 4. The summed E-state index contributed by atoms with van der Waals surface area (Å²) < 4.78 is 0. The summed E-state index contributed by atoms with van der Waals surface area (Å²) in [6.07, 6.45) is 0.983. The fourth-order valence-corrected chi connectivity index (χ4v) is 4.20. The van der Waals surface area contributed by atoms with Gasteiger partial charge in [-0.15, -0.1) is 11.8 Å². The Morgan fingerprint density at radius 1 is 0.960 bits per heavy atom. The molecule has 0 saturated carbocycles. The number of thioether (sulfide) groups is 1. The predicted octanol–water partition coefficient (Wildman–Crippen LogP) is 4.83. The minimum Gasteiger partial charge on any atom is -0.362 e. The van der Waals surface area contributed by atoms with Gasteiger partial charge in [0.1, 0.15) is 5.82 Å². The van der Waals surface area contributed by atoms with E-state index in [1.165, 1.54) is 21.6 Å². The van der Waals surface area contributed by atoms with Crippen LogP contribution in [-0.2, 0) is 6.42 Å². The molecule has 4 heteroatoms. The van der Waals surface area contributed by atoms with Crippen molar-refractivity contribution >= 4 is 17.6 Å². The van der Waals surface area contributed by atoms with Crippen molar-refractivity contribution in [3.05, 3.63) is 59.7 Å². The molecule has 0 atom stereocenters. The fraction of sp³-hybridized carbons (Fsp3) is 0.238. The Kier molecular flexibility index (Phi) is 4.22. The zero-order valence-corrected chi connectivity index (χ0v) is 15.6. The Labute approximate surface area is 153 Å². The van der Waals surface area contributed by atoms with Crippen molar-refractivity contribution in [2.75, 3.05) is 24.7 Å². The highest BCUT2D eigenvalue weighted by Crippen LogP contribution is 2.40. The van der Waals surface area contributed by atoms with E-state index in [0.717, 1.165) is 35.1 Å². The molecule has 0 bridgehead atoms. The first-order valence-electron chi connectivity index (χ1n) is 8.51. The second kappa shape index (κ2) is 6.52. The number of nitrogens with zero attached hydrogens (tertiary/aromatic N) is 3. The lowest BCUT2D eigenvalue weighted by Gasteiger charge is -2.19. The van der Waals surface area contributed by atoms with Crippen LogP contribution in [0.5, 0.6) is 0 Å². The molecule has 1 aliphatic rings. The van der Waals surface area contributed by atoms with E-state index in [0.29, 0.717) is 0 Å². The summed E-state index contributed by atoms with van der Waals surface area (Å²) in [6, 6.07) is 17.0. The molecule has 126 valence electrons. The molecule has 0 radical (unpaired) electrons. The van der Waals surface area contributed by atoms with Crippen LogP contribution in [-0.4, -0.2) is 29.8 Å². The Hall–Kier alpha value is -2.33. The van der Waals surface area contributed by atoms with Gasteiger partial charge in [-0.1, -0.05) is 48.0 Å². The molecule has 2 aromatic carbocycles. The molecule has 0 unspecified atom stereocenters. The van der Waals surface area contributed by atoms with Crippen LogP contribution < -0.4 is 4.90 Å². The average molecular weight is 347 g/mol. The summed E-state index contributed by atoms with van der Waals surface area (Å²) in [5.41, 5.74) is 5.85. The molecule has 1 aromatic heterocycles. The molecular formula is C21H21N3S. The number of aryl methyl sites for hydroxylation is 1. The van der Waals surface area contributed by atoms with Crippen molar-refractivity contribution in [1.82, 2.24) is 9.97 Å². The summed E-state index contributed by atoms with van der Waals surface area (Å²) in [6.45, 7) is 2.10. The number of hydrogen-bond donors (Lipinski definition) is 0. The lowest BCUT2D eigenvalue weighted by molar-refractivity contribution is 0.989. The molecule has 1 aliphatic heterocycles. The monoisotopic (exact) mass is 347 g/mol. The number of fused-ring (bicyclic) bond motifs is 3. The summed E-state index contributed by atoms with van der Waals surface area (Å²) in [4.78, 5) is 13.3. The van der Waals surface area contributed by atoms with Gasteiger partial charge in [0.05, 0.1) is 5.69 Å². The Morgan fingerprint density at radius 2 is 1.72 bits per heavy atom. The predicted molar refractivity (Wildman–Crippen MR) is 106 cm³/mol. The topological polar surface area (TPSA) is 29.0 Å². The first kappa shape index (κ1) is 16.2. The van der Waals surface area contributed by atoms with Crippen LogP contribution in [0, 0.1) is 6.92 Å². The third-order valence-corrected chi connectivity index (χ3v) is 5.55. The van der Waals surface area contributed by atoms with Crippen molar-refractivity contribution in [2.45, 2.75) is 18.2 Å². The summed E-state index contributed by atoms with van der Waals surface area (Å²) in [5.74, 6) is 2.87. The molecule has 3 aromatic rings. The van der Waals surface area contributed by atoms with E-state index in [9.17, 15) is 0 Å². The maximum atomic E-state index is 5.01. The van der Waals surface area contributed by atoms with Crippen molar-refractivity contribution in [3.8, 4) is 22.6 Å². The van der Waals surface area contributed by atoms with E-state index in [2.05, 4.69) is 74.4 Å². The maximum absolute atomic E-state index is 5.01. The minimum atomic E-state index is 0.796. The molecule has 0 aliphatic carbocycles. The maximum Gasteiger partial charge on any atom is 0.162 e. The SMILES string of the molecule is Cc1ccc(-c2nc3c(c(N(C)C)n2)CCSc2ccccc2-3)cc1. The Balaban J connectivity index is 1.98. The third-order valence-electron chi connectivity index (χ3n) is 4.47. The van der Waals surface area contributed by atoms with Crippen LogP contribution in [0.4, 0.5) is 5.82 Å². The first-order chi connectivity index (χ1) is 12.1. The fourth-order valence-electron chi connectivity index (χ4n) is 3.18. The van der Waals surface area contributed by atoms with Crippen LogP contribution >= 0.6 is 11.8 Å². The minimum absolute atomic E-state index is 0.796. The van der Waals surface area contributed by atoms with Gasteiger partial charge in [-0.25, -0.2) is 9.97 Å². The van der Waals surface area contributed by atoms with E-state index in [1.807, 2.05) is 11.8 Å². The normalized spacial score (nSPS) is 12.9. The number of benzene rings is 2. The van der Waals surface area contributed by atoms with E-state index < -0.39 is 0 Å². The van der Waals surface area contributed by atoms with Gasteiger partial charge in [-0.3, -0.25) is 0 Å². The van der Waals surface area contributed by atoms with Crippen molar-refractivity contribution in [1.29, 1.82) is 0 Å². The van der Waals surface area contributed by atoms with Crippen LogP contribution in [0.1, 0.15) is 11.1 Å². The average Bonchev–Trinajstić information content (AvgIpc) is 2.81. The van der Waals surface area contributed by atoms with Gasteiger partial charge in [-0.05, 0) is 19.4 Å². The van der Waals surface area contributed by atoms with Crippen molar-refractivity contribution in [2.24, 2.45) is 0 Å². The summed E-state index contributed by atoms with van der Waals surface area (Å²) >= 11 is 1.90. The van der Waals surface area contributed by atoms with Crippen LogP contribution in [0.2, 0.25) is 0 Å². The number of aromatic nitrogens is 2. The zero-order chi connectivity index (χ0) is 17.4. The molecule has 3 nitrogen and oxygen atoms in total. The van der Waals surface area contributed by atoms with Crippen LogP contribution in [0.3, 0.4) is 0 Å². The summed E-state index contributed by atoms with van der Waals surface area (Å²) in [5, 5.41) is 0. The van der Waals surface area contributed by atoms with Crippen molar-refractivity contribution < 1.29 is 0 Å². The lowest BCUT2D eigenvalue weighted by Crippen LogP contribution is -2.16. The highest BCUT2D eigenvalue weighted by atomic mass is 32.2. The second-order valence-corrected chi connectivity index (χ2v) is 7.69. The molecule has 2 heterocycles. The Morgan fingerprint density at radius 3 is 2.48 bits per heavy atom. The summed E-state index contributed by atoms with van der Waals surface area (Å²) in [7, 11) is 4.12. The van der Waals surface area contributed by atoms with E-state index in [-0.39, 0.29) is 0 Å². The molecule has 0 N–H and O–H groups in total. The smallest absolute Gasteiger partial charge is 0.162 e. The molecule has 4 rings (SSSR count). The quantitative estimate of drug-likeness (QED) is 0.664. The van der Waals surface area contributed by atoms with E-state index in [4.69, 9.17) is 9.97 Å². The highest BCUT2D eigenvalue weighted by molar-refractivity contribution is 7.99. The highest BCUT2D eigenvalue weighted by Gasteiger charge is 2.22. The molecule has 0 spiro atoms. The molecule has 0 fully saturated rings. The largest absolute Gasteiger partial charge is 0.362 e. The van der Waals surface area contributed by atoms with Gasteiger partial charge in [-0.2, -0.15) is 0 Å². The van der Waals surface area contributed by atoms with Crippen molar-refractivity contribution in [3.63, 3.8) is 0 Å². The van der Waals surface area contributed by atoms with E-state index in [1.54, 1.807) is 0 Å². The van der Waals surface area contributed by atoms with Gasteiger partial charge < -0.3 is 4.90 Å². The van der Waals surface area contributed by atoms with Crippen LogP contribution in [0.15, 0.2) is 53.4 Å². The van der Waals surface area contributed by atoms with Gasteiger partial charge >= 0.3 is 0 Å². The third kappa shape index (κ3) is 3.02. The van der Waals surface area contributed by atoms with Gasteiger partial charge in [0.2, 0.25) is 0 Å². The molecule has 25 heavy (non-hydrogen) atoms. The van der Waals surface area contributed by atoms with Gasteiger partial charge in [0.15, 0.2) is 5.82 Å². The Bertz CT molecular complexity index is 917. The van der Waals surface area contributed by atoms with Gasteiger partial charge in [0, 0.05) is 41.4 Å². The number of rotatable bonds is 2. The first-order valence-corrected chi connectivity index (χ1v) is 9.49. The zero-order valence-electron chi connectivity index (χ0n) is 14.8. The van der Waals surface area contributed by atoms with Crippen LogP contribution in [0.25, 0.3) is 22.6 Å². The molecular weight excluding hydrogens is 326 g/mol. The molecule has 0 amide bonds. The molecule has 0 saturated heterocycles. The lowest BCUT2D eigenvalue weighted by atomic mass is 10.0. The number of anilines is 1. The van der Waals surface area contributed by atoms with Gasteiger partial charge in [0.25, 0.3) is 0 Å². The van der Waals surface area contributed by atoms with E-state index >= 15 is 0 Å². The second-order valence-electron chi connectivity index (χ2n) is 6.55. The standard InChI is InChI=1S/C21H21N3S/c1-14-8-10-15(11-9-14)20-22-19-16-6-4-5-7-18(16)25-13-12-17(19)21(23-20)24(2)3/h4-11H,12-13H2,1-3H3.